The Kier molecular flexibility index (Phi) is 7.55. The van der Waals surface area contributed by atoms with Crippen molar-refractivity contribution in [3.05, 3.63) is 0 Å². The summed E-state index contributed by atoms with van der Waals surface area (Å²) in [5.74, 6) is 2.30. The van der Waals surface area contributed by atoms with Gasteiger partial charge in [0, 0.05) is 24.9 Å². The van der Waals surface area contributed by atoms with Crippen LogP contribution >= 0.6 is 0 Å². The lowest BCUT2D eigenvalue weighted by Gasteiger charge is -2.38. The fourth-order valence-electron chi connectivity index (χ4n) is 4.10. The maximum Gasteiger partial charge on any atom is 0.135 e. The minimum Gasteiger partial charge on any atom is -0.303 e. The first-order chi connectivity index (χ1) is 11.0. The molecule has 0 saturated carbocycles. The second kappa shape index (κ2) is 9.17. The predicted octanol–water partition coefficient (Wildman–Crippen LogP) is 3.82. The molecule has 0 radical (unpaired) electrons. The monoisotopic (exact) mass is 322 g/mol. The van der Waals surface area contributed by atoms with Crippen molar-refractivity contribution in [1.29, 1.82) is 0 Å². The zero-order valence-electron chi connectivity index (χ0n) is 15.9. The van der Waals surface area contributed by atoms with E-state index in [1.165, 1.54) is 58.4 Å². The van der Waals surface area contributed by atoms with Gasteiger partial charge in [-0.1, -0.05) is 13.8 Å². The molecule has 0 spiro atoms. The molecule has 0 aromatic heterocycles. The number of ketones is 1. The van der Waals surface area contributed by atoms with E-state index in [0.717, 1.165) is 18.8 Å². The van der Waals surface area contributed by atoms with Crippen LogP contribution in [-0.4, -0.2) is 54.3 Å². The van der Waals surface area contributed by atoms with Crippen molar-refractivity contribution in [2.24, 2.45) is 17.8 Å². The minimum atomic E-state index is 0.263. The first-order valence-electron chi connectivity index (χ1n) is 9.98. The number of hydrogen-bond acceptors (Lipinski definition) is 3. The number of likely N-dealkylation sites (tertiary alicyclic amines) is 2. The highest BCUT2D eigenvalue weighted by Gasteiger charge is 2.26. The van der Waals surface area contributed by atoms with E-state index in [-0.39, 0.29) is 5.92 Å². The molecule has 134 valence electrons. The van der Waals surface area contributed by atoms with Gasteiger partial charge in [0.1, 0.15) is 5.78 Å². The van der Waals surface area contributed by atoms with Crippen LogP contribution in [0.15, 0.2) is 0 Å². The molecular formula is C20H38N2O. The number of rotatable bonds is 7. The Morgan fingerprint density at radius 2 is 1.52 bits per heavy atom. The van der Waals surface area contributed by atoms with E-state index in [1.54, 1.807) is 0 Å². The van der Waals surface area contributed by atoms with Crippen molar-refractivity contribution in [2.45, 2.75) is 72.3 Å². The first kappa shape index (κ1) is 18.9. The highest BCUT2D eigenvalue weighted by Crippen LogP contribution is 2.26. The SMILES string of the molecule is CCC(C)C(=O)CC1CCN(CC2CCN(C(C)C)CC2)CC1. The summed E-state index contributed by atoms with van der Waals surface area (Å²) < 4.78 is 0. The van der Waals surface area contributed by atoms with Gasteiger partial charge in [0.05, 0.1) is 0 Å². The number of carbonyl (C=O) groups is 1. The summed E-state index contributed by atoms with van der Waals surface area (Å²) >= 11 is 0. The highest BCUT2D eigenvalue weighted by atomic mass is 16.1. The van der Waals surface area contributed by atoms with E-state index < -0.39 is 0 Å². The quantitative estimate of drug-likeness (QED) is 0.712. The van der Waals surface area contributed by atoms with E-state index in [0.29, 0.717) is 17.7 Å². The zero-order chi connectivity index (χ0) is 16.8. The van der Waals surface area contributed by atoms with Crippen molar-refractivity contribution in [3.8, 4) is 0 Å². The molecule has 0 aromatic carbocycles. The van der Waals surface area contributed by atoms with Crippen LogP contribution in [0.1, 0.15) is 66.2 Å². The van der Waals surface area contributed by atoms with Crippen molar-refractivity contribution in [2.75, 3.05) is 32.7 Å². The topological polar surface area (TPSA) is 23.6 Å². The van der Waals surface area contributed by atoms with E-state index in [2.05, 4.69) is 37.5 Å². The second-order valence-electron chi connectivity index (χ2n) is 8.30. The van der Waals surface area contributed by atoms with Gasteiger partial charge in [0.15, 0.2) is 0 Å². The molecule has 0 amide bonds. The van der Waals surface area contributed by atoms with Crippen LogP contribution in [0.2, 0.25) is 0 Å². The lowest BCUT2D eigenvalue weighted by atomic mass is 9.87. The Morgan fingerprint density at radius 1 is 0.957 bits per heavy atom. The Balaban J connectivity index is 1.64. The van der Waals surface area contributed by atoms with Crippen LogP contribution in [0.5, 0.6) is 0 Å². The lowest BCUT2D eigenvalue weighted by Crippen LogP contribution is -2.43. The number of Topliss-reactive ketones (excluding diaryl/α,β-unsaturated/α-hetero) is 1. The van der Waals surface area contributed by atoms with Crippen LogP contribution in [0.3, 0.4) is 0 Å². The number of nitrogens with zero attached hydrogens (tertiary/aromatic N) is 2. The average molecular weight is 323 g/mol. The maximum absolute atomic E-state index is 12.1. The smallest absolute Gasteiger partial charge is 0.135 e. The average Bonchev–Trinajstić information content (AvgIpc) is 2.56. The molecule has 2 rings (SSSR count). The third-order valence-electron chi connectivity index (χ3n) is 6.25. The van der Waals surface area contributed by atoms with Crippen LogP contribution in [-0.2, 0) is 4.79 Å². The molecule has 2 heterocycles. The van der Waals surface area contributed by atoms with Gasteiger partial charge in [-0.3, -0.25) is 4.79 Å². The fourth-order valence-corrected chi connectivity index (χ4v) is 4.10. The van der Waals surface area contributed by atoms with Crippen molar-refractivity contribution in [3.63, 3.8) is 0 Å². The summed E-state index contributed by atoms with van der Waals surface area (Å²) in [6.07, 6.45) is 7.01. The number of carbonyl (C=O) groups excluding carboxylic acids is 1. The highest BCUT2D eigenvalue weighted by molar-refractivity contribution is 5.80. The fraction of sp³-hybridized carbons (Fsp3) is 0.950. The van der Waals surface area contributed by atoms with Crippen LogP contribution < -0.4 is 0 Å². The van der Waals surface area contributed by atoms with Crippen LogP contribution in [0.25, 0.3) is 0 Å². The van der Waals surface area contributed by atoms with Gasteiger partial charge in [-0.05, 0) is 84.0 Å². The van der Waals surface area contributed by atoms with Gasteiger partial charge in [-0.25, -0.2) is 0 Å². The first-order valence-corrected chi connectivity index (χ1v) is 9.98. The minimum absolute atomic E-state index is 0.263. The summed E-state index contributed by atoms with van der Waals surface area (Å²) in [6, 6.07) is 0.703. The van der Waals surface area contributed by atoms with Gasteiger partial charge in [-0.2, -0.15) is 0 Å². The summed E-state index contributed by atoms with van der Waals surface area (Å²) in [5, 5.41) is 0. The standard InChI is InChI=1S/C20H38N2O/c1-5-17(4)20(23)14-18-6-10-21(11-7-18)15-19-8-12-22(13-9-19)16(2)3/h16-19H,5-15H2,1-4H3. The predicted molar refractivity (Wildman–Crippen MR) is 97.7 cm³/mol. The van der Waals surface area contributed by atoms with Gasteiger partial charge in [0.25, 0.3) is 0 Å². The van der Waals surface area contributed by atoms with Gasteiger partial charge in [0.2, 0.25) is 0 Å². The molecule has 1 unspecified atom stereocenters. The number of piperidine rings is 2. The third-order valence-corrected chi connectivity index (χ3v) is 6.25. The van der Waals surface area contributed by atoms with Gasteiger partial charge >= 0.3 is 0 Å². The molecule has 0 aromatic rings. The van der Waals surface area contributed by atoms with E-state index in [1.807, 2.05) is 0 Å². The normalized spacial score (nSPS) is 24.2. The molecule has 2 fully saturated rings. The Hall–Kier alpha value is -0.410. The van der Waals surface area contributed by atoms with Gasteiger partial charge < -0.3 is 9.80 Å². The Labute approximate surface area is 143 Å². The number of hydrogen-bond donors (Lipinski definition) is 0. The molecule has 3 heteroatoms. The molecule has 23 heavy (non-hydrogen) atoms. The lowest BCUT2D eigenvalue weighted by molar-refractivity contribution is -0.123. The molecule has 2 saturated heterocycles. The zero-order valence-corrected chi connectivity index (χ0v) is 15.9. The molecule has 0 bridgehead atoms. The van der Waals surface area contributed by atoms with E-state index in [9.17, 15) is 4.79 Å². The Bertz CT molecular complexity index is 353. The molecule has 0 N–H and O–H groups in total. The molecule has 2 aliphatic heterocycles. The van der Waals surface area contributed by atoms with Crippen molar-refractivity contribution >= 4 is 5.78 Å². The summed E-state index contributed by atoms with van der Waals surface area (Å²) in [6.45, 7) is 15.1. The molecular weight excluding hydrogens is 284 g/mol. The summed E-state index contributed by atoms with van der Waals surface area (Å²) in [7, 11) is 0. The maximum atomic E-state index is 12.1. The van der Waals surface area contributed by atoms with Crippen LogP contribution in [0, 0.1) is 17.8 Å². The molecule has 1 atom stereocenters. The van der Waals surface area contributed by atoms with Crippen molar-refractivity contribution < 1.29 is 4.79 Å². The van der Waals surface area contributed by atoms with Gasteiger partial charge in [-0.15, -0.1) is 0 Å². The third kappa shape index (κ3) is 5.86. The van der Waals surface area contributed by atoms with Crippen LogP contribution in [0.4, 0.5) is 0 Å². The largest absolute Gasteiger partial charge is 0.303 e. The summed E-state index contributed by atoms with van der Waals surface area (Å²) in [5.41, 5.74) is 0. The Morgan fingerprint density at radius 3 is 2.04 bits per heavy atom. The molecule has 2 aliphatic rings. The molecule has 3 nitrogen and oxygen atoms in total. The summed E-state index contributed by atoms with van der Waals surface area (Å²) in [4.78, 5) is 17.4. The van der Waals surface area contributed by atoms with E-state index >= 15 is 0 Å². The van der Waals surface area contributed by atoms with Crippen molar-refractivity contribution in [1.82, 2.24) is 9.80 Å². The molecule has 0 aliphatic carbocycles. The van der Waals surface area contributed by atoms with E-state index in [4.69, 9.17) is 0 Å². The second-order valence-corrected chi connectivity index (χ2v) is 8.30.